The molecule has 0 aliphatic carbocycles. The Balaban J connectivity index is 1.62. The van der Waals surface area contributed by atoms with Gasteiger partial charge in [-0.05, 0) is 56.7 Å². The maximum Gasteiger partial charge on any atom is 0.296 e. The summed E-state index contributed by atoms with van der Waals surface area (Å²) in [5.41, 5.74) is 4.45. The topological polar surface area (TPSA) is 62.8 Å². The average molecular weight is 506 g/mol. The molecule has 2 heterocycles. The number of nitrogens with zero attached hydrogens (tertiary/aromatic N) is 5. The molecule has 0 unspecified atom stereocenters. The van der Waals surface area contributed by atoms with Crippen LogP contribution in [-0.2, 0) is 11.8 Å². The van der Waals surface area contributed by atoms with Crippen LogP contribution in [0.25, 0.3) is 11.8 Å². The van der Waals surface area contributed by atoms with E-state index in [2.05, 4.69) is 30.9 Å². The van der Waals surface area contributed by atoms with Crippen molar-refractivity contribution in [1.29, 1.82) is 0 Å². The second kappa shape index (κ2) is 10.4. The fourth-order valence-corrected chi connectivity index (χ4v) is 4.84. The van der Waals surface area contributed by atoms with Crippen LogP contribution in [-0.4, -0.2) is 34.2 Å². The zero-order chi connectivity index (χ0) is 26.8. The molecule has 0 saturated heterocycles. The zero-order valence-corrected chi connectivity index (χ0v) is 22.1. The lowest BCUT2D eigenvalue weighted by Crippen LogP contribution is -2.36. The van der Waals surface area contributed by atoms with Crippen LogP contribution in [0, 0.1) is 6.92 Å². The Labute approximate surface area is 222 Å². The van der Waals surface area contributed by atoms with Gasteiger partial charge >= 0.3 is 0 Å². The molecule has 0 saturated carbocycles. The van der Waals surface area contributed by atoms with Crippen LogP contribution in [0.2, 0.25) is 0 Å². The van der Waals surface area contributed by atoms with Crippen molar-refractivity contribution < 1.29 is 4.79 Å². The van der Waals surface area contributed by atoms with Gasteiger partial charge in [-0.2, -0.15) is 0 Å². The summed E-state index contributed by atoms with van der Waals surface area (Å²) in [4.78, 5) is 36.2. The Morgan fingerprint density at radius 2 is 1.45 bits per heavy atom. The summed E-state index contributed by atoms with van der Waals surface area (Å²) in [6.45, 7) is 7.95. The van der Waals surface area contributed by atoms with E-state index in [0.717, 1.165) is 35.6 Å². The van der Waals surface area contributed by atoms with E-state index < -0.39 is 0 Å². The van der Waals surface area contributed by atoms with Gasteiger partial charge in [-0.15, -0.1) is 0 Å². The van der Waals surface area contributed by atoms with Gasteiger partial charge in [0.1, 0.15) is 17.2 Å². The van der Waals surface area contributed by atoms with E-state index in [4.69, 9.17) is 4.99 Å². The highest BCUT2D eigenvalue weighted by Gasteiger charge is 2.37. The molecule has 1 amide bonds. The summed E-state index contributed by atoms with van der Waals surface area (Å²) in [5.74, 6) is 0.107. The van der Waals surface area contributed by atoms with Crippen molar-refractivity contribution in [2.45, 2.75) is 20.8 Å². The molecule has 192 valence electrons. The van der Waals surface area contributed by atoms with Gasteiger partial charge in [-0.3, -0.25) is 19.2 Å². The minimum absolute atomic E-state index is 0.280. The number of carbonyl (C=O) groups is 1. The van der Waals surface area contributed by atoms with Gasteiger partial charge in [0.25, 0.3) is 11.5 Å². The van der Waals surface area contributed by atoms with Crippen molar-refractivity contribution in [2.24, 2.45) is 12.0 Å². The third-order valence-electron chi connectivity index (χ3n) is 6.96. The van der Waals surface area contributed by atoms with E-state index in [1.165, 1.54) is 4.90 Å². The Bertz CT molecular complexity index is 1580. The number of anilines is 2. The first-order chi connectivity index (χ1) is 18.4. The van der Waals surface area contributed by atoms with Crippen LogP contribution < -0.4 is 15.4 Å². The molecule has 0 spiro atoms. The van der Waals surface area contributed by atoms with Gasteiger partial charge in [0.15, 0.2) is 0 Å². The van der Waals surface area contributed by atoms with E-state index in [0.29, 0.717) is 17.2 Å². The molecular weight excluding hydrogens is 474 g/mol. The largest absolute Gasteiger partial charge is 0.372 e. The monoisotopic (exact) mass is 505 g/mol. The number of aromatic nitrogens is 2. The molecule has 4 aromatic rings. The molecule has 7 nitrogen and oxygen atoms in total. The first-order valence-electron chi connectivity index (χ1n) is 12.8. The molecule has 0 bridgehead atoms. The average Bonchev–Trinajstić information content (AvgIpc) is 3.37. The van der Waals surface area contributed by atoms with Crippen molar-refractivity contribution in [2.75, 3.05) is 22.9 Å². The number of rotatable bonds is 7. The second-order valence-electron chi connectivity index (χ2n) is 9.15. The number of amidine groups is 1. The van der Waals surface area contributed by atoms with Crippen molar-refractivity contribution in [3.05, 3.63) is 118 Å². The van der Waals surface area contributed by atoms with Crippen LogP contribution >= 0.6 is 0 Å². The highest BCUT2D eigenvalue weighted by atomic mass is 16.2. The lowest BCUT2D eigenvalue weighted by atomic mass is 10.1. The maximum absolute atomic E-state index is 13.9. The van der Waals surface area contributed by atoms with Gasteiger partial charge < -0.3 is 4.90 Å². The molecule has 0 fully saturated rings. The number of carbonyl (C=O) groups excluding carboxylic acids is 1. The number of hydrogen-bond donors (Lipinski definition) is 0. The van der Waals surface area contributed by atoms with Crippen molar-refractivity contribution in [3.63, 3.8) is 0 Å². The van der Waals surface area contributed by atoms with E-state index in [9.17, 15) is 9.59 Å². The van der Waals surface area contributed by atoms with Crippen LogP contribution in [0.5, 0.6) is 0 Å². The smallest absolute Gasteiger partial charge is 0.296 e. The number of aliphatic imine (C=N–C) groups is 1. The SMILES string of the molecule is CCN(CC)c1ccc(/C=C2/N=C(c3ccccc3)N(c3c(C)n(C)n(-c4ccccc4)c3=O)C2=O)cc1. The number of para-hydroxylation sites is 1. The minimum Gasteiger partial charge on any atom is -0.372 e. The molecule has 1 aromatic heterocycles. The normalized spacial score (nSPS) is 14.3. The molecule has 7 heteroatoms. The van der Waals surface area contributed by atoms with Gasteiger partial charge in [-0.25, -0.2) is 9.67 Å². The van der Waals surface area contributed by atoms with E-state index in [1.54, 1.807) is 15.4 Å². The van der Waals surface area contributed by atoms with Crippen molar-refractivity contribution >= 4 is 29.2 Å². The molecule has 38 heavy (non-hydrogen) atoms. The number of benzene rings is 3. The molecule has 1 aliphatic heterocycles. The summed E-state index contributed by atoms with van der Waals surface area (Å²) >= 11 is 0. The van der Waals surface area contributed by atoms with Gasteiger partial charge in [-0.1, -0.05) is 60.7 Å². The summed E-state index contributed by atoms with van der Waals surface area (Å²) in [7, 11) is 1.82. The first kappa shape index (κ1) is 25.0. The number of hydrogen-bond acceptors (Lipinski definition) is 4. The molecule has 1 aliphatic rings. The van der Waals surface area contributed by atoms with E-state index >= 15 is 0 Å². The quantitative estimate of drug-likeness (QED) is 0.326. The lowest BCUT2D eigenvalue weighted by Gasteiger charge is -2.20. The summed E-state index contributed by atoms with van der Waals surface area (Å²) in [5, 5.41) is 0. The van der Waals surface area contributed by atoms with Gasteiger partial charge in [0, 0.05) is 31.4 Å². The fourth-order valence-electron chi connectivity index (χ4n) is 4.84. The Hall–Kier alpha value is -4.65. The summed E-state index contributed by atoms with van der Waals surface area (Å²) < 4.78 is 3.35. The minimum atomic E-state index is -0.331. The fraction of sp³-hybridized carbons (Fsp3) is 0.194. The highest BCUT2D eigenvalue weighted by molar-refractivity contribution is 6.33. The third kappa shape index (κ3) is 4.36. The number of amides is 1. The van der Waals surface area contributed by atoms with Gasteiger partial charge in [0.2, 0.25) is 0 Å². The predicted molar refractivity (Wildman–Crippen MR) is 154 cm³/mol. The molecule has 0 N–H and O–H groups in total. The predicted octanol–water partition coefficient (Wildman–Crippen LogP) is 5.17. The Kier molecular flexibility index (Phi) is 6.83. The van der Waals surface area contributed by atoms with E-state index in [1.807, 2.05) is 86.8 Å². The molecule has 5 rings (SSSR count). The Morgan fingerprint density at radius 1 is 0.842 bits per heavy atom. The summed E-state index contributed by atoms with van der Waals surface area (Å²) in [6.07, 6.45) is 1.78. The van der Waals surface area contributed by atoms with Crippen molar-refractivity contribution in [1.82, 2.24) is 9.36 Å². The second-order valence-corrected chi connectivity index (χ2v) is 9.15. The maximum atomic E-state index is 13.9. The Morgan fingerprint density at radius 3 is 2.05 bits per heavy atom. The van der Waals surface area contributed by atoms with Crippen LogP contribution in [0.1, 0.15) is 30.7 Å². The zero-order valence-electron chi connectivity index (χ0n) is 22.1. The molecule has 3 aromatic carbocycles. The van der Waals surface area contributed by atoms with Crippen LogP contribution in [0.4, 0.5) is 11.4 Å². The first-order valence-corrected chi connectivity index (χ1v) is 12.8. The van der Waals surface area contributed by atoms with E-state index in [-0.39, 0.29) is 17.2 Å². The van der Waals surface area contributed by atoms with Crippen molar-refractivity contribution in [3.8, 4) is 5.69 Å². The lowest BCUT2D eigenvalue weighted by molar-refractivity contribution is -0.113. The highest BCUT2D eigenvalue weighted by Crippen LogP contribution is 2.29. The molecule has 0 atom stereocenters. The molecular formula is C31H31N5O2. The van der Waals surface area contributed by atoms with Crippen LogP contribution in [0.3, 0.4) is 0 Å². The standard InChI is InChI=1S/C31H31N5O2/c1-5-34(6-2)25-19-17-23(18-20-25)21-27-30(37)35(29(32-27)24-13-9-7-10-14-24)28-22(3)33(4)36(31(28)38)26-15-11-8-12-16-26/h7-21H,5-6H2,1-4H3/b27-21+. The molecule has 0 radical (unpaired) electrons. The summed E-state index contributed by atoms with van der Waals surface area (Å²) in [6, 6.07) is 27.0. The van der Waals surface area contributed by atoms with Crippen LogP contribution in [0.15, 0.2) is 100 Å². The third-order valence-corrected chi connectivity index (χ3v) is 6.96. The van der Waals surface area contributed by atoms with Gasteiger partial charge in [0.05, 0.1) is 11.4 Å².